The summed E-state index contributed by atoms with van der Waals surface area (Å²) in [5.41, 5.74) is 11.4. The normalized spacial score (nSPS) is 19.1. The molecule has 122 valence electrons. The molecular formula is C15H30N4O2. The van der Waals surface area contributed by atoms with Crippen LogP contribution in [0.5, 0.6) is 0 Å². The van der Waals surface area contributed by atoms with E-state index in [2.05, 4.69) is 20.8 Å². The standard InChI is InChI=1S/C15H30N4O2/c1-15(2,3)10-12(16)9-14(21)19-6-4-5-18(7-8-19)11-13(17)20/h12H,4-11,16H2,1-3H3,(H2,17,20). The lowest BCUT2D eigenvalue weighted by Gasteiger charge is -2.26. The van der Waals surface area contributed by atoms with E-state index in [9.17, 15) is 9.59 Å². The molecule has 0 saturated carbocycles. The van der Waals surface area contributed by atoms with Gasteiger partial charge in [0.05, 0.1) is 6.54 Å². The van der Waals surface area contributed by atoms with Crippen LogP contribution >= 0.6 is 0 Å². The first-order valence-electron chi connectivity index (χ1n) is 7.71. The molecule has 0 aromatic rings. The topological polar surface area (TPSA) is 92.7 Å². The number of hydrogen-bond acceptors (Lipinski definition) is 4. The third-order valence-corrected chi connectivity index (χ3v) is 3.63. The molecule has 1 unspecified atom stereocenters. The molecule has 1 aliphatic heterocycles. The Labute approximate surface area is 127 Å². The summed E-state index contributed by atoms with van der Waals surface area (Å²) in [5, 5.41) is 0. The summed E-state index contributed by atoms with van der Waals surface area (Å²) in [5.74, 6) is -0.199. The first kappa shape index (κ1) is 17.9. The van der Waals surface area contributed by atoms with Gasteiger partial charge in [0.2, 0.25) is 11.8 Å². The van der Waals surface area contributed by atoms with Crippen LogP contribution < -0.4 is 11.5 Å². The monoisotopic (exact) mass is 298 g/mol. The smallest absolute Gasteiger partial charge is 0.231 e. The van der Waals surface area contributed by atoms with Crippen molar-refractivity contribution in [3.63, 3.8) is 0 Å². The maximum Gasteiger partial charge on any atom is 0.231 e. The minimum absolute atomic E-state index is 0.0949. The Morgan fingerprint density at radius 1 is 1.14 bits per heavy atom. The van der Waals surface area contributed by atoms with E-state index in [4.69, 9.17) is 11.5 Å². The van der Waals surface area contributed by atoms with E-state index in [0.717, 1.165) is 25.9 Å². The zero-order valence-electron chi connectivity index (χ0n) is 13.6. The lowest BCUT2D eigenvalue weighted by Crippen LogP contribution is -2.40. The van der Waals surface area contributed by atoms with Crippen molar-refractivity contribution in [2.24, 2.45) is 16.9 Å². The third-order valence-electron chi connectivity index (χ3n) is 3.63. The largest absolute Gasteiger partial charge is 0.369 e. The highest BCUT2D eigenvalue weighted by molar-refractivity contribution is 5.77. The van der Waals surface area contributed by atoms with E-state index in [0.29, 0.717) is 19.5 Å². The minimum atomic E-state index is -0.318. The summed E-state index contributed by atoms with van der Waals surface area (Å²) in [6.45, 7) is 9.54. The molecule has 6 heteroatoms. The summed E-state index contributed by atoms with van der Waals surface area (Å²) >= 11 is 0. The van der Waals surface area contributed by atoms with Crippen molar-refractivity contribution >= 4 is 11.8 Å². The molecule has 0 spiro atoms. The highest BCUT2D eigenvalue weighted by Crippen LogP contribution is 2.21. The van der Waals surface area contributed by atoms with Gasteiger partial charge in [-0.15, -0.1) is 0 Å². The van der Waals surface area contributed by atoms with E-state index in [-0.39, 0.29) is 29.8 Å². The van der Waals surface area contributed by atoms with Crippen LogP contribution in [0.3, 0.4) is 0 Å². The van der Waals surface area contributed by atoms with Crippen molar-refractivity contribution in [3.05, 3.63) is 0 Å². The second-order valence-corrected chi connectivity index (χ2v) is 7.21. The van der Waals surface area contributed by atoms with Crippen LogP contribution in [-0.2, 0) is 9.59 Å². The summed E-state index contributed by atoms with van der Waals surface area (Å²) in [7, 11) is 0. The van der Waals surface area contributed by atoms with Gasteiger partial charge in [0, 0.05) is 38.6 Å². The molecular weight excluding hydrogens is 268 g/mol. The van der Waals surface area contributed by atoms with E-state index < -0.39 is 0 Å². The molecule has 1 rings (SSSR count). The number of nitrogens with zero attached hydrogens (tertiary/aromatic N) is 2. The number of carbonyl (C=O) groups is 2. The summed E-state index contributed by atoms with van der Waals surface area (Å²) in [6.07, 6.45) is 2.10. The van der Waals surface area contributed by atoms with Crippen LogP contribution in [0.15, 0.2) is 0 Å². The number of hydrogen-bond donors (Lipinski definition) is 2. The molecule has 1 atom stereocenters. The first-order chi connectivity index (χ1) is 9.67. The van der Waals surface area contributed by atoms with Crippen LogP contribution in [0.4, 0.5) is 0 Å². The molecule has 21 heavy (non-hydrogen) atoms. The van der Waals surface area contributed by atoms with E-state index in [1.807, 2.05) is 9.80 Å². The molecule has 6 nitrogen and oxygen atoms in total. The second-order valence-electron chi connectivity index (χ2n) is 7.21. The van der Waals surface area contributed by atoms with Crippen LogP contribution in [0.2, 0.25) is 0 Å². The Balaban J connectivity index is 2.43. The fourth-order valence-corrected chi connectivity index (χ4v) is 2.81. The Morgan fingerprint density at radius 2 is 1.81 bits per heavy atom. The van der Waals surface area contributed by atoms with Gasteiger partial charge in [-0.1, -0.05) is 20.8 Å². The third kappa shape index (κ3) is 7.43. The highest BCUT2D eigenvalue weighted by atomic mass is 16.2. The van der Waals surface area contributed by atoms with Gasteiger partial charge in [0.1, 0.15) is 0 Å². The molecule has 0 aliphatic carbocycles. The van der Waals surface area contributed by atoms with Crippen LogP contribution in [-0.4, -0.2) is 60.4 Å². The highest BCUT2D eigenvalue weighted by Gasteiger charge is 2.23. The predicted molar refractivity (Wildman–Crippen MR) is 83.5 cm³/mol. The van der Waals surface area contributed by atoms with Crippen LogP contribution in [0, 0.1) is 5.41 Å². The zero-order valence-corrected chi connectivity index (χ0v) is 13.6. The Morgan fingerprint density at radius 3 is 2.38 bits per heavy atom. The average molecular weight is 298 g/mol. The van der Waals surface area contributed by atoms with Crippen molar-refractivity contribution in [2.45, 2.75) is 46.1 Å². The number of carbonyl (C=O) groups excluding carboxylic acids is 2. The van der Waals surface area contributed by atoms with Gasteiger partial charge in [-0.05, 0) is 18.3 Å². The molecule has 1 fully saturated rings. The SMILES string of the molecule is CC(C)(C)CC(N)CC(=O)N1CCCN(CC(N)=O)CC1. The van der Waals surface area contributed by atoms with Gasteiger partial charge in [0.25, 0.3) is 0 Å². The van der Waals surface area contributed by atoms with Crippen LogP contribution in [0.1, 0.15) is 40.0 Å². The maximum absolute atomic E-state index is 12.3. The lowest BCUT2D eigenvalue weighted by molar-refractivity contribution is -0.131. The van der Waals surface area contributed by atoms with Crippen molar-refractivity contribution in [3.8, 4) is 0 Å². The fourth-order valence-electron chi connectivity index (χ4n) is 2.81. The number of primary amides is 1. The molecule has 0 radical (unpaired) electrons. The van der Waals surface area contributed by atoms with Gasteiger partial charge in [0.15, 0.2) is 0 Å². The number of amides is 2. The summed E-state index contributed by atoms with van der Waals surface area (Å²) in [6, 6.07) is -0.0949. The van der Waals surface area contributed by atoms with Crippen molar-refractivity contribution in [1.82, 2.24) is 9.80 Å². The van der Waals surface area contributed by atoms with Gasteiger partial charge in [-0.3, -0.25) is 14.5 Å². The molecule has 1 aliphatic rings. The molecule has 0 aromatic carbocycles. The average Bonchev–Trinajstić information content (AvgIpc) is 2.51. The first-order valence-corrected chi connectivity index (χ1v) is 7.71. The molecule has 2 amide bonds. The second kappa shape index (κ2) is 7.75. The van der Waals surface area contributed by atoms with E-state index in [1.165, 1.54) is 0 Å². The summed E-state index contributed by atoms with van der Waals surface area (Å²) < 4.78 is 0. The molecule has 1 heterocycles. The minimum Gasteiger partial charge on any atom is -0.369 e. The molecule has 0 bridgehead atoms. The number of nitrogens with two attached hydrogens (primary N) is 2. The van der Waals surface area contributed by atoms with E-state index >= 15 is 0 Å². The van der Waals surface area contributed by atoms with Crippen molar-refractivity contribution < 1.29 is 9.59 Å². The van der Waals surface area contributed by atoms with Gasteiger partial charge in [-0.25, -0.2) is 0 Å². The van der Waals surface area contributed by atoms with Gasteiger partial charge < -0.3 is 16.4 Å². The van der Waals surface area contributed by atoms with Gasteiger partial charge >= 0.3 is 0 Å². The van der Waals surface area contributed by atoms with Gasteiger partial charge in [-0.2, -0.15) is 0 Å². The molecule has 0 aromatic heterocycles. The Bertz CT molecular complexity index is 365. The van der Waals surface area contributed by atoms with E-state index in [1.54, 1.807) is 0 Å². The Kier molecular flexibility index (Phi) is 6.61. The summed E-state index contributed by atoms with van der Waals surface area (Å²) in [4.78, 5) is 27.1. The van der Waals surface area contributed by atoms with Crippen LogP contribution in [0.25, 0.3) is 0 Å². The molecule has 1 saturated heterocycles. The zero-order chi connectivity index (χ0) is 16.0. The van der Waals surface area contributed by atoms with Crippen molar-refractivity contribution in [2.75, 3.05) is 32.7 Å². The maximum atomic E-state index is 12.3. The lowest BCUT2D eigenvalue weighted by atomic mass is 9.87. The molecule has 4 N–H and O–H groups in total. The quantitative estimate of drug-likeness (QED) is 0.756. The predicted octanol–water partition coefficient (Wildman–Crippen LogP) is 0.160. The van der Waals surface area contributed by atoms with Crippen molar-refractivity contribution in [1.29, 1.82) is 0 Å². The Hall–Kier alpha value is -1.14. The number of rotatable bonds is 5. The fraction of sp³-hybridized carbons (Fsp3) is 0.867.